The van der Waals surface area contributed by atoms with Crippen molar-refractivity contribution in [2.24, 2.45) is 0 Å². The van der Waals surface area contributed by atoms with Crippen molar-refractivity contribution in [2.75, 3.05) is 0 Å². The molecule has 2 heterocycles. The summed E-state index contributed by atoms with van der Waals surface area (Å²) in [7, 11) is -3.51. The fourth-order valence-electron chi connectivity index (χ4n) is 1.22. The molecule has 0 aliphatic rings. The molecule has 0 spiro atoms. The number of imidazole rings is 1. The van der Waals surface area contributed by atoms with Gasteiger partial charge in [0.05, 0.1) is 6.20 Å². The van der Waals surface area contributed by atoms with Crippen LogP contribution in [-0.2, 0) is 16.6 Å². The Balaban J connectivity index is 2.11. The number of aromatic amines is 1. The SMILES string of the molecule is Cc1ncc(S(=O)(=O)NCc2sccc2Br)[nH]1. The van der Waals surface area contributed by atoms with E-state index in [-0.39, 0.29) is 11.6 Å². The van der Waals surface area contributed by atoms with E-state index in [2.05, 4.69) is 30.6 Å². The van der Waals surface area contributed by atoms with Crippen molar-refractivity contribution in [3.05, 3.63) is 32.8 Å². The number of H-pyrrole nitrogens is 1. The van der Waals surface area contributed by atoms with Crippen LogP contribution in [0.5, 0.6) is 0 Å². The summed E-state index contributed by atoms with van der Waals surface area (Å²) >= 11 is 4.84. The second-order valence-electron chi connectivity index (χ2n) is 3.35. The monoisotopic (exact) mass is 335 g/mol. The van der Waals surface area contributed by atoms with Crippen molar-refractivity contribution in [3.63, 3.8) is 0 Å². The summed E-state index contributed by atoms with van der Waals surface area (Å²) in [6.45, 7) is 1.97. The third kappa shape index (κ3) is 2.95. The maximum Gasteiger partial charge on any atom is 0.257 e. The molecule has 0 bridgehead atoms. The molecule has 5 nitrogen and oxygen atoms in total. The number of rotatable bonds is 4. The van der Waals surface area contributed by atoms with Gasteiger partial charge in [-0.1, -0.05) is 0 Å². The number of nitrogens with one attached hydrogen (secondary N) is 2. The van der Waals surface area contributed by atoms with E-state index in [0.717, 1.165) is 9.35 Å². The molecule has 0 atom stereocenters. The molecule has 0 aromatic carbocycles. The van der Waals surface area contributed by atoms with Crippen LogP contribution in [0.3, 0.4) is 0 Å². The molecule has 0 fully saturated rings. The van der Waals surface area contributed by atoms with Crippen molar-refractivity contribution >= 4 is 37.3 Å². The Morgan fingerprint density at radius 2 is 2.35 bits per heavy atom. The molecule has 2 aromatic rings. The molecule has 8 heteroatoms. The smallest absolute Gasteiger partial charge is 0.257 e. The lowest BCUT2D eigenvalue weighted by atomic mass is 10.5. The van der Waals surface area contributed by atoms with Crippen molar-refractivity contribution in [3.8, 4) is 0 Å². The number of nitrogens with zero attached hydrogens (tertiary/aromatic N) is 1. The third-order valence-corrected chi connectivity index (χ3v) is 5.32. The third-order valence-electron chi connectivity index (χ3n) is 2.08. The molecule has 2 aromatic heterocycles. The molecule has 92 valence electrons. The van der Waals surface area contributed by atoms with Crippen LogP contribution in [-0.4, -0.2) is 18.4 Å². The van der Waals surface area contributed by atoms with E-state index in [1.54, 1.807) is 6.92 Å². The number of thiophene rings is 1. The van der Waals surface area contributed by atoms with Crippen LogP contribution in [0.4, 0.5) is 0 Å². The van der Waals surface area contributed by atoms with E-state index in [9.17, 15) is 8.42 Å². The van der Waals surface area contributed by atoms with Gasteiger partial charge in [0.2, 0.25) is 0 Å². The van der Waals surface area contributed by atoms with Gasteiger partial charge in [-0.2, -0.15) is 0 Å². The Labute approximate surface area is 111 Å². The fourth-order valence-corrected chi connectivity index (χ4v) is 3.71. The second kappa shape index (κ2) is 4.89. The van der Waals surface area contributed by atoms with Gasteiger partial charge >= 0.3 is 0 Å². The predicted molar refractivity (Wildman–Crippen MR) is 69.4 cm³/mol. The minimum atomic E-state index is -3.51. The lowest BCUT2D eigenvalue weighted by Gasteiger charge is -2.03. The van der Waals surface area contributed by atoms with Gasteiger partial charge in [0.1, 0.15) is 5.82 Å². The number of aryl methyl sites for hydroxylation is 1. The van der Waals surface area contributed by atoms with Crippen LogP contribution in [0, 0.1) is 6.92 Å². The van der Waals surface area contributed by atoms with Gasteiger partial charge in [0.15, 0.2) is 5.03 Å². The molecule has 2 rings (SSSR count). The largest absolute Gasteiger partial charge is 0.332 e. The quantitative estimate of drug-likeness (QED) is 0.897. The first-order valence-corrected chi connectivity index (χ1v) is 7.88. The highest BCUT2D eigenvalue weighted by atomic mass is 79.9. The van der Waals surface area contributed by atoms with Gasteiger partial charge in [-0.05, 0) is 34.3 Å². The first-order valence-electron chi connectivity index (χ1n) is 4.72. The summed E-state index contributed by atoms with van der Waals surface area (Å²) in [5.41, 5.74) is 0. The molecule has 17 heavy (non-hydrogen) atoms. The summed E-state index contributed by atoms with van der Waals surface area (Å²) in [6, 6.07) is 1.88. The number of hydrogen-bond donors (Lipinski definition) is 2. The highest BCUT2D eigenvalue weighted by Crippen LogP contribution is 2.22. The van der Waals surface area contributed by atoms with Gasteiger partial charge in [-0.25, -0.2) is 18.1 Å². The average Bonchev–Trinajstić information content (AvgIpc) is 2.85. The lowest BCUT2D eigenvalue weighted by Crippen LogP contribution is -2.23. The zero-order chi connectivity index (χ0) is 12.5. The number of hydrogen-bond acceptors (Lipinski definition) is 4. The van der Waals surface area contributed by atoms with Gasteiger partial charge in [0, 0.05) is 15.9 Å². The van der Waals surface area contributed by atoms with E-state index in [0.29, 0.717) is 5.82 Å². The standard InChI is InChI=1S/C9H10BrN3O2S2/c1-6-11-5-9(13-6)17(14,15)12-4-8-7(10)2-3-16-8/h2-3,5,12H,4H2,1H3,(H,11,13). The van der Waals surface area contributed by atoms with Crippen LogP contribution >= 0.6 is 27.3 Å². The molecule has 0 radical (unpaired) electrons. The first-order chi connectivity index (χ1) is 7.99. The number of halogens is 1. The summed E-state index contributed by atoms with van der Waals surface area (Å²) in [6.07, 6.45) is 1.31. The molecule has 0 aliphatic heterocycles. The van der Waals surface area contributed by atoms with E-state index in [1.165, 1.54) is 17.5 Å². The Morgan fingerprint density at radius 3 is 2.88 bits per heavy atom. The maximum atomic E-state index is 11.9. The second-order valence-corrected chi connectivity index (χ2v) is 6.94. The van der Waals surface area contributed by atoms with Gasteiger partial charge in [-0.3, -0.25) is 0 Å². The predicted octanol–water partition coefficient (Wildman–Crippen LogP) is 2.02. The average molecular weight is 336 g/mol. The molecule has 0 aliphatic carbocycles. The molecular weight excluding hydrogens is 326 g/mol. The van der Waals surface area contributed by atoms with Crippen molar-refractivity contribution < 1.29 is 8.42 Å². The van der Waals surface area contributed by atoms with E-state index >= 15 is 0 Å². The van der Waals surface area contributed by atoms with Gasteiger partial charge in [0.25, 0.3) is 10.0 Å². The summed E-state index contributed by atoms with van der Waals surface area (Å²) in [5.74, 6) is 0.572. The Hall–Kier alpha value is -0.700. The van der Waals surface area contributed by atoms with Crippen molar-refractivity contribution in [2.45, 2.75) is 18.5 Å². The normalized spacial score (nSPS) is 11.9. The lowest BCUT2D eigenvalue weighted by molar-refractivity contribution is 0.578. The first kappa shape index (κ1) is 12.7. The van der Waals surface area contributed by atoms with Gasteiger partial charge < -0.3 is 4.98 Å². The highest BCUT2D eigenvalue weighted by Gasteiger charge is 2.16. The van der Waals surface area contributed by atoms with Crippen molar-refractivity contribution in [1.82, 2.24) is 14.7 Å². The minimum absolute atomic E-state index is 0.0858. The summed E-state index contributed by atoms with van der Waals surface area (Å²) < 4.78 is 27.1. The Bertz CT molecular complexity index is 618. The van der Waals surface area contributed by atoms with Crippen LogP contribution in [0.15, 0.2) is 27.1 Å². The maximum absolute atomic E-state index is 11.9. The summed E-state index contributed by atoms with van der Waals surface area (Å²) in [5, 5.41) is 1.98. The van der Waals surface area contributed by atoms with E-state index in [4.69, 9.17) is 0 Å². The number of sulfonamides is 1. The molecule has 0 amide bonds. The minimum Gasteiger partial charge on any atom is -0.332 e. The molecule has 0 saturated carbocycles. The topological polar surface area (TPSA) is 74.8 Å². The fraction of sp³-hybridized carbons (Fsp3) is 0.222. The summed E-state index contributed by atoms with van der Waals surface area (Å²) in [4.78, 5) is 7.49. The van der Waals surface area contributed by atoms with Crippen LogP contribution < -0.4 is 4.72 Å². The molecular formula is C9H10BrN3O2S2. The van der Waals surface area contributed by atoms with E-state index < -0.39 is 10.0 Å². The highest BCUT2D eigenvalue weighted by molar-refractivity contribution is 9.10. The molecule has 2 N–H and O–H groups in total. The van der Waals surface area contributed by atoms with Crippen LogP contribution in [0.2, 0.25) is 0 Å². The zero-order valence-electron chi connectivity index (χ0n) is 8.90. The van der Waals surface area contributed by atoms with Crippen LogP contribution in [0.1, 0.15) is 10.7 Å². The van der Waals surface area contributed by atoms with E-state index in [1.807, 2.05) is 11.4 Å². The Morgan fingerprint density at radius 1 is 1.59 bits per heavy atom. The molecule has 0 unspecified atom stereocenters. The Kier molecular flexibility index (Phi) is 3.67. The van der Waals surface area contributed by atoms with Crippen molar-refractivity contribution in [1.29, 1.82) is 0 Å². The number of aromatic nitrogens is 2. The zero-order valence-corrected chi connectivity index (χ0v) is 12.1. The van der Waals surface area contributed by atoms with Crippen LogP contribution in [0.25, 0.3) is 0 Å². The molecule has 0 saturated heterocycles. The van der Waals surface area contributed by atoms with Gasteiger partial charge in [-0.15, -0.1) is 11.3 Å².